The first-order valence-corrected chi connectivity index (χ1v) is 16.0. The molecule has 1 heterocycles. The van der Waals surface area contributed by atoms with Crippen LogP contribution in [0.2, 0.25) is 10.0 Å². The number of carbonyl (C=O) groups excluding carboxylic acids is 1. The van der Waals surface area contributed by atoms with E-state index < -0.39 is 15.9 Å². The van der Waals surface area contributed by atoms with Gasteiger partial charge in [-0.1, -0.05) is 59.6 Å². The largest absolute Gasteiger partial charge is 0.318 e. The molecule has 0 aliphatic heterocycles. The summed E-state index contributed by atoms with van der Waals surface area (Å²) in [5.74, 6) is -0.390. The number of carbonyl (C=O) groups is 1. The third kappa shape index (κ3) is 6.73. The highest BCUT2D eigenvalue weighted by Gasteiger charge is 2.26. The predicted octanol–water partition coefficient (Wildman–Crippen LogP) is 7.87. The summed E-state index contributed by atoms with van der Waals surface area (Å²) in [5.41, 5.74) is 8.73. The summed E-state index contributed by atoms with van der Waals surface area (Å²) in [6.07, 6.45) is 1.61. The molecular formula is C34H30Cl2N4O3S. The van der Waals surface area contributed by atoms with Crippen LogP contribution in [0.1, 0.15) is 38.4 Å². The maximum Gasteiger partial charge on any atom is 0.271 e. The van der Waals surface area contributed by atoms with Crippen molar-refractivity contribution in [2.45, 2.75) is 32.2 Å². The Morgan fingerprint density at radius 1 is 0.864 bits per heavy atom. The van der Waals surface area contributed by atoms with Crippen molar-refractivity contribution in [2.24, 2.45) is 5.10 Å². The van der Waals surface area contributed by atoms with Gasteiger partial charge in [-0.15, -0.1) is 0 Å². The summed E-state index contributed by atoms with van der Waals surface area (Å²) in [4.78, 5) is 13.0. The molecule has 7 nitrogen and oxygen atoms in total. The number of nitrogens with zero attached hydrogens (tertiary/aromatic N) is 3. The maximum atomic E-state index is 13.7. The lowest BCUT2D eigenvalue weighted by Crippen LogP contribution is -2.31. The van der Waals surface area contributed by atoms with E-state index in [1.807, 2.05) is 51.1 Å². The third-order valence-corrected chi connectivity index (χ3v) is 9.50. The number of hydrazone groups is 1. The van der Waals surface area contributed by atoms with Gasteiger partial charge in [0, 0.05) is 38.2 Å². The molecule has 0 aliphatic rings. The van der Waals surface area contributed by atoms with Gasteiger partial charge in [0.2, 0.25) is 0 Å². The summed E-state index contributed by atoms with van der Waals surface area (Å²) >= 11 is 12.3. The number of hydrogen-bond donors (Lipinski definition) is 1. The quantitative estimate of drug-likeness (QED) is 0.131. The van der Waals surface area contributed by atoms with Crippen LogP contribution in [-0.4, -0.2) is 25.1 Å². The number of nitrogens with one attached hydrogen (secondary N) is 1. The molecule has 1 amide bonds. The smallest absolute Gasteiger partial charge is 0.271 e. The Kier molecular flexibility index (Phi) is 9.25. The molecule has 0 aliphatic carbocycles. The Bertz CT molecular complexity index is 1940. The van der Waals surface area contributed by atoms with Crippen LogP contribution in [0.15, 0.2) is 113 Å². The van der Waals surface area contributed by atoms with E-state index in [0.29, 0.717) is 26.9 Å². The first-order chi connectivity index (χ1) is 21.0. The highest BCUT2D eigenvalue weighted by Crippen LogP contribution is 2.31. The molecule has 0 saturated heterocycles. The number of anilines is 1. The molecule has 1 N–H and O–H groups in total. The summed E-state index contributed by atoms with van der Waals surface area (Å²) in [6, 6.07) is 29.7. The van der Waals surface area contributed by atoms with Crippen molar-refractivity contribution in [3.63, 3.8) is 0 Å². The molecular weight excluding hydrogens is 615 g/mol. The molecule has 224 valence electrons. The zero-order valence-corrected chi connectivity index (χ0v) is 26.7. The van der Waals surface area contributed by atoms with Crippen LogP contribution in [0.4, 0.5) is 5.69 Å². The van der Waals surface area contributed by atoms with Gasteiger partial charge in [0.25, 0.3) is 15.9 Å². The third-order valence-electron chi connectivity index (χ3n) is 7.24. The summed E-state index contributed by atoms with van der Waals surface area (Å²) in [6.45, 7) is 5.86. The van der Waals surface area contributed by atoms with E-state index in [1.165, 1.54) is 4.31 Å². The van der Waals surface area contributed by atoms with Crippen LogP contribution in [-0.2, 0) is 16.6 Å². The van der Waals surface area contributed by atoms with Gasteiger partial charge >= 0.3 is 0 Å². The number of rotatable bonds is 9. The fourth-order valence-electron chi connectivity index (χ4n) is 4.93. The molecule has 0 atom stereocenters. The molecule has 0 saturated carbocycles. The number of benzene rings is 4. The molecule has 5 rings (SSSR count). The zero-order chi connectivity index (χ0) is 31.4. The molecule has 10 heteroatoms. The van der Waals surface area contributed by atoms with Gasteiger partial charge in [0.15, 0.2) is 0 Å². The van der Waals surface area contributed by atoms with E-state index in [0.717, 1.165) is 28.2 Å². The highest BCUT2D eigenvalue weighted by atomic mass is 35.5. The van der Waals surface area contributed by atoms with Crippen molar-refractivity contribution in [3.8, 4) is 5.69 Å². The van der Waals surface area contributed by atoms with Crippen molar-refractivity contribution in [1.82, 2.24) is 9.99 Å². The number of amides is 1. The van der Waals surface area contributed by atoms with Crippen LogP contribution in [0.5, 0.6) is 0 Å². The van der Waals surface area contributed by atoms with Crippen molar-refractivity contribution in [1.29, 1.82) is 0 Å². The maximum absolute atomic E-state index is 13.7. The Hall–Kier alpha value is -4.37. The van der Waals surface area contributed by atoms with E-state index in [4.69, 9.17) is 23.2 Å². The Balaban J connectivity index is 1.32. The Morgan fingerprint density at radius 2 is 1.52 bits per heavy atom. The number of aryl methyl sites for hydroxylation is 2. The lowest BCUT2D eigenvalue weighted by atomic mass is 10.1. The number of aromatic nitrogens is 1. The van der Waals surface area contributed by atoms with Gasteiger partial charge in [-0.3, -0.25) is 9.10 Å². The van der Waals surface area contributed by atoms with Gasteiger partial charge in [0.1, 0.15) is 0 Å². The second kappa shape index (κ2) is 13.1. The van der Waals surface area contributed by atoms with Gasteiger partial charge in [-0.25, -0.2) is 13.8 Å². The van der Waals surface area contributed by atoms with Crippen LogP contribution in [0.25, 0.3) is 5.69 Å². The SMILES string of the molecule is Cc1ccc(Cl)cc1N(Cc1ccc(C(=O)NN=Cc2cc(C)n(-c3ccc(Cl)cc3)c2C)cc1)S(=O)(=O)c1ccccc1. The molecule has 0 unspecified atom stereocenters. The zero-order valence-electron chi connectivity index (χ0n) is 24.3. The molecule has 1 aromatic heterocycles. The summed E-state index contributed by atoms with van der Waals surface area (Å²) in [5, 5.41) is 5.27. The van der Waals surface area contributed by atoms with Gasteiger partial charge in [-0.05, 0) is 98.6 Å². The second-order valence-electron chi connectivity index (χ2n) is 10.3. The lowest BCUT2D eigenvalue weighted by molar-refractivity contribution is 0.0955. The molecule has 0 spiro atoms. The van der Waals surface area contributed by atoms with Crippen molar-refractivity contribution in [3.05, 3.63) is 147 Å². The topological polar surface area (TPSA) is 83.8 Å². The lowest BCUT2D eigenvalue weighted by Gasteiger charge is -2.26. The number of hydrogen-bond acceptors (Lipinski definition) is 4. The summed E-state index contributed by atoms with van der Waals surface area (Å²) in [7, 11) is -3.91. The molecule has 0 radical (unpaired) electrons. The van der Waals surface area contributed by atoms with Crippen LogP contribution >= 0.6 is 23.2 Å². The van der Waals surface area contributed by atoms with Gasteiger partial charge < -0.3 is 4.57 Å². The summed E-state index contributed by atoms with van der Waals surface area (Å²) < 4.78 is 30.9. The van der Waals surface area contributed by atoms with Crippen LogP contribution < -0.4 is 9.73 Å². The van der Waals surface area contributed by atoms with Crippen molar-refractivity contribution < 1.29 is 13.2 Å². The van der Waals surface area contributed by atoms with E-state index in [1.54, 1.807) is 79.0 Å². The minimum Gasteiger partial charge on any atom is -0.318 e. The molecule has 5 aromatic rings. The van der Waals surface area contributed by atoms with E-state index in [2.05, 4.69) is 15.1 Å². The van der Waals surface area contributed by atoms with Gasteiger partial charge in [-0.2, -0.15) is 5.10 Å². The molecule has 44 heavy (non-hydrogen) atoms. The van der Waals surface area contributed by atoms with Crippen LogP contribution in [0.3, 0.4) is 0 Å². The van der Waals surface area contributed by atoms with Crippen molar-refractivity contribution in [2.75, 3.05) is 4.31 Å². The monoisotopic (exact) mass is 644 g/mol. The highest BCUT2D eigenvalue weighted by molar-refractivity contribution is 7.92. The van der Waals surface area contributed by atoms with Crippen LogP contribution in [0, 0.1) is 20.8 Å². The molecule has 0 bridgehead atoms. The number of halogens is 2. The fraction of sp³-hybridized carbons (Fsp3) is 0.118. The average Bonchev–Trinajstić information content (AvgIpc) is 3.30. The Morgan fingerprint density at radius 3 is 2.20 bits per heavy atom. The minimum atomic E-state index is -3.91. The van der Waals surface area contributed by atoms with E-state index in [-0.39, 0.29) is 11.4 Å². The molecule has 4 aromatic carbocycles. The standard InChI is InChI=1S/C34H30Cl2N4O3S/c1-23-9-14-30(36)20-33(23)39(44(42,43)32-7-5-4-6-8-32)22-26-10-12-27(13-11-26)34(41)38-37-21-28-19-24(2)40(25(28)3)31-17-15-29(35)16-18-31/h4-21H,22H2,1-3H3,(H,38,41). The number of sulfonamides is 1. The first kappa shape index (κ1) is 31.1. The normalized spacial score (nSPS) is 11.6. The Labute approximate surface area is 267 Å². The van der Waals surface area contributed by atoms with Gasteiger partial charge in [0.05, 0.1) is 23.3 Å². The van der Waals surface area contributed by atoms with E-state index >= 15 is 0 Å². The van der Waals surface area contributed by atoms with Crippen molar-refractivity contribution >= 4 is 51.0 Å². The second-order valence-corrected chi connectivity index (χ2v) is 13.0. The predicted molar refractivity (Wildman–Crippen MR) is 178 cm³/mol. The molecule has 0 fully saturated rings. The van der Waals surface area contributed by atoms with E-state index in [9.17, 15) is 13.2 Å². The average molecular weight is 646 g/mol. The first-order valence-electron chi connectivity index (χ1n) is 13.8. The minimum absolute atomic E-state index is 0.0434. The fourth-order valence-corrected chi connectivity index (χ4v) is 6.75.